The van der Waals surface area contributed by atoms with Gasteiger partial charge in [0.2, 0.25) is 0 Å². The quantitative estimate of drug-likeness (QED) is 0.736. The molecule has 106 valence electrons. The fourth-order valence-electron chi connectivity index (χ4n) is 2.78. The molecule has 3 aromatic rings. The Morgan fingerprint density at radius 1 is 1.00 bits per heavy atom. The topological polar surface area (TPSA) is 24.9 Å². The maximum atomic E-state index is 13.0. The van der Waals surface area contributed by atoms with Crippen LogP contribution in [-0.4, -0.2) is 12.0 Å². The van der Waals surface area contributed by atoms with Crippen LogP contribution in [0.25, 0.3) is 22.2 Å². The number of anilines is 1. The summed E-state index contributed by atoms with van der Waals surface area (Å²) in [5.74, 6) is -0.232. The molecule has 0 saturated heterocycles. The van der Waals surface area contributed by atoms with Crippen molar-refractivity contribution in [2.75, 3.05) is 12.4 Å². The Morgan fingerprint density at radius 2 is 1.71 bits per heavy atom. The lowest BCUT2D eigenvalue weighted by Gasteiger charge is -2.13. The smallest absolute Gasteiger partial charge is 0.123 e. The molecule has 0 spiro atoms. The predicted octanol–water partition coefficient (Wildman–Crippen LogP) is 4.70. The Hall–Kier alpha value is -2.42. The van der Waals surface area contributed by atoms with E-state index in [9.17, 15) is 4.39 Å². The van der Waals surface area contributed by atoms with Gasteiger partial charge in [0.25, 0.3) is 0 Å². The predicted molar refractivity (Wildman–Crippen MR) is 86.2 cm³/mol. The summed E-state index contributed by atoms with van der Waals surface area (Å²) in [5, 5.41) is 4.37. The highest BCUT2D eigenvalue weighted by Crippen LogP contribution is 2.30. The molecule has 1 aromatic heterocycles. The molecular formula is C18H17FN2. The molecule has 3 heteroatoms. The number of benzene rings is 2. The van der Waals surface area contributed by atoms with Gasteiger partial charge in [-0.1, -0.05) is 6.07 Å². The molecule has 2 nitrogen and oxygen atoms in total. The van der Waals surface area contributed by atoms with Gasteiger partial charge in [0.1, 0.15) is 5.82 Å². The van der Waals surface area contributed by atoms with Gasteiger partial charge in [-0.2, -0.15) is 0 Å². The minimum Gasteiger partial charge on any atom is -0.388 e. The fraction of sp³-hybridized carbons (Fsp3) is 0.167. The van der Waals surface area contributed by atoms with Crippen molar-refractivity contribution in [3.05, 3.63) is 59.4 Å². The standard InChI is InChI=1S/C18H17FN2/c1-11-10-17-15(12(2)18(11)20-3)8-9-16(21-17)13-4-6-14(19)7-5-13/h4-10,20H,1-3H3. The molecule has 0 aliphatic rings. The van der Waals surface area contributed by atoms with Crippen molar-refractivity contribution in [1.29, 1.82) is 0 Å². The van der Waals surface area contributed by atoms with Gasteiger partial charge in [-0.15, -0.1) is 0 Å². The number of nitrogens with one attached hydrogen (secondary N) is 1. The number of pyridine rings is 1. The first-order valence-corrected chi connectivity index (χ1v) is 6.95. The Morgan fingerprint density at radius 3 is 2.38 bits per heavy atom. The van der Waals surface area contributed by atoms with Gasteiger partial charge >= 0.3 is 0 Å². The Bertz CT molecular complexity index is 808. The normalized spacial score (nSPS) is 10.9. The molecule has 0 unspecified atom stereocenters. The van der Waals surface area contributed by atoms with Gasteiger partial charge in [0.05, 0.1) is 11.2 Å². The maximum Gasteiger partial charge on any atom is 0.123 e. The minimum absolute atomic E-state index is 0.232. The summed E-state index contributed by atoms with van der Waals surface area (Å²) in [4.78, 5) is 4.72. The average molecular weight is 280 g/mol. The van der Waals surface area contributed by atoms with Crippen molar-refractivity contribution in [3.8, 4) is 11.3 Å². The van der Waals surface area contributed by atoms with Gasteiger partial charge in [-0.05, 0) is 61.4 Å². The highest BCUT2D eigenvalue weighted by Gasteiger charge is 2.09. The molecule has 3 rings (SSSR count). The Kier molecular flexibility index (Phi) is 3.34. The lowest BCUT2D eigenvalue weighted by molar-refractivity contribution is 0.628. The third kappa shape index (κ3) is 2.35. The van der Waals surface area contributed by atoms with E-state index in [0.717, 1.165) is 27.8 Å². The van der Waals surface area contributed by atoms with E-state index < -0.39 is 0 Å². The van der Waals surface area contributed by atoms with Crippen molar-refractivity contribution in [1.82, 2.24) is 4.98 Å². The van der Waals surface area contributed by atoms with Crippen molar-refractivity contribution in [2.24, 2.45) is 0 Å². The molecule has 0 saturated carbocycles. The third-order valence-electron chi connectivity index (χ3n) is 3.84. The number of fused-ring (bicyclic) bond motifs is 1. The first-order valence-electron chi connectivity index (χ1n) is 6.95. The highest BCUT2D eigenvalue weighted by molar-refractivity contribution is 5.90. The third-order valence-corrected chi connectivity index (χ3v) is 3.84. The molecule has 0 atom stereocenters. The molecule has 2 aromatic carbocycles. The van der Waals surface area contributed by atoms with Gasteiger partial charge in [0.15, 0.2) is 0 Å². The number of hydrogen-bond donors (Lipinski definition) is 1. The Labute approximate surface area is 123 Å². The molecule has 0 fully saturated rings. The average Bonchev–Trinajstić information content (AvgIpc) is 2.48. The van der Waals surface area contributed by atoms with E-state index in [0.29, 0.717) is 0 Å². The van der Waals surface area contributed by atoms with Crippen LogP contribution in [-0.2, 0) is 0 Å². The van der Waals surface area contributed by atoms with E-state index in [1.54, 1.807) is 12.1 Å². The zero-order valence-electron chi connectivity index (χ0n) is 12.4. The maximum absolute atomic E-state index is 13.0. The molecule has 0 aliphatic carbocycles. The van der Waals surface area contributed by atoms with Crippen molar-refractivity contribution < 1.29 is 4.39 Å². The molecule has 1 heterocycles. The van der Waals surface area contributed by atoms with E-state index in [4.69, 9.17) is 4.98 Å². The molecule has 0 bridgehead atoms. The van der Waals surface area contributed by atoms with E-state index in [1.807, 2.05) is 13.1 Å². The number of aryl methyl sites for hydroxylation is 2. The van der Waals surface area contributed by atoms with Crippen molar-refractivity contribution >= 4 is 16.6 Å². The van der Waals surface area contributed by atoms with Crippen LogP contribution in [0, 0.1) is 19.7 Å². The summed E-state index contributed by atoms with van der Waals surface area (Å²) in [6, 6.07) is 12.6. The van der Waals surface area contributed by atoms with E-state index in [-0.39, 0.29) is 5.82 Å². The summed E-state index contributed by atoms with van der Waals surface area (Å²) < 4.78 is 13.0. The molecule has 21 heavy (non-hydrogen) atoms. The van der Waals surface area contributed by atoms with Crippen LogP contribution < -0.4 is 5.32 Å². The second kappa shape index (κ2) is 5.17. The molecule has 0 radical (unpaired) electrons. The van der Waals surface area contributed by atoms with Gasteiger partial charge < -0.3 is 5.32 Å². The SMILES string of the molecule is CNc1c(C)cc2nc(-c3ccc(F)cc3)ccc2c1C. The van der Waals surface area contributed by atoms with E-state index in [1.165, 1.54) is 23.3 Å². The van der Waals surface area contributed by atoms with Crippen LogP contribution in [0.1, 0.15) is 11.1 Å². The molecular weight excluding hydrogens is 263 g/mol. The van der Waals surface area contributed by atoms with Gasteiger partial charge in [-0.3, -0.25) is 0 Å². The summed E-state index contributed by atoms with van der Waals surface area (Å²) in [5.41, 5.74) is 6.27. The first-order chi connectivity index (χ1) is 10.1. The van der Waals surface area contributed by atoms with E-state index >= 15 is 0 Å². The fourth-order valence-corrected chi connectivity index (χ4v) is 2.78. The monoisotopic (exact) mass is 280 g/mol. The molecule has 1 N–H and O–H groups in total. The number of rotatable bonds is 2. The van der Waals surface area contributed by atoms with Crippen LogP contribution >= 0.6 is 0 Å². The highest BCUT2D eigenvalue weighted by atomic mass is 19.1. The van der Waals surface area contributed by atoms with Crippen molar-refractivity contribution in [2.45, 2.75) is 13.8 Å². The van der Waals surface area contributed by atoms with Crippen LogP contribution in [0.4, 0.5) is 10.1 Å². The lowest BCUT2D eigenvalue weighted by Crippen LogP contribution is -1.97. The number of halogens is 1. The van der Waals surface area contributed by atoms with Crippen LogP contribution in [0.15, 0.2) is 42.5 Å². The van der Waals surface area contributed by atoms with Crippen LogP contribution in [0.3, 0.4) is 0 Å². The number of aromatic nitrogens is 1. The van der Waals surface area contributed by atoms with Crippen molar-refractivity contribution in [3.63, 3.8) is 0 Å². The van der Waals surface area contributed by atoms with Gasteiger partial charge in [0, 0.05) is 23.7 Å². The summed E-state index contributed by atoms with van der Waals surface area (Å²) in [6.45, 7) is 4.17. The second-order valence-electron chi connectivity index (χ2n) is 5.21. The zero-order chi connectivity index (χ0) is 15.0. The summed E-state index contributed by atoms with van der Waals surface area (Å²) >= 11 is 0. The number of hydrogen-bond acceptors (Lipinski definition) is 2. The van der Waals surface area contributed by atoms with Gasteiger partial charge in [-0.25, -0.2) is 9.37 Å². The number of nitrogens with zero attached hydrogens (tertiary/aromatic N) is 1. The molecule has 0 aliphatic heterocycles. The zero-order valence-corrected chi connectivity index (χ0v) is 12.4. The van der Waals surface area contributed by atoms with Crippen LogP contribution in [0.5, 0.6) is 0 Å². The van der Waals surface area contributed by atoms with Crippen LogP contribution in [0.2, 0.25) is 0 Å². The largest absolute Gasteiger partial charge is 0.388 e. The summed E-state index contributed by atoms with van der Waals surface area (Å²) in [6.07, 6.45) is 0. The summed E-state index contributed by atoms with van der Waals surface area (Å²) in [7, 11) is 1.93. The second-order valence-corrected chi connectivity index (χ2v) is 5.21. The Balaban J connectivity index is 2.19. The minimum atomic E-state index is -0.232. The first kappa shape index (κ1) is 13.6. The molecule has 0 amide bonds. The van der Waals surface area contributed by atoms with E-state index in [2.05, 4.69) is 31.3 Å². The lowest BCUT2D eigenvalue weighted by atomic mass is 10.0.